The minimum Gasteiger partial charge on any atom is -0.357 e. The highest BCUT2D eigenvalue weighted by Gasteiger charge is 2.08. The third-order valence-corrected chi connectivity index (χ3v) is 3.79. The first-order chi connectivity index (χ1) is 11.1. The zero-order valence-electron chi connectivity index (χ0n) is 15.0. The van der Waals surface area contributed by atoms with Crippen molar-refractivity contribution in [1.29, 1.82) is 0 Å². The molecule has 0 unspecified atom stereocenters. The fourth-order valence-corrected chi connectivity index (χ4v) is 2.31. The molecule has 0 aliphatic heterocycles. The van der Waals surface area contributed by atoms with Crippen molar-refractivity contribution in [2.45, 2.75) is 13.3 Å². The number of benzene rings is 1. The molecule has 5 nitrogen and oxygen atoms in total. The summed E-state index contributed by atoms with van der Waals surface area (Å²) in [5, 5.41) is 6.57. The van der Waals surface area contributed by atoms with Crippen molar-refractivity contribution in [3.63, 3.8) is 0 Å². The Morgan fingerprint density at radius 1 is 1.29 bits per heavy atom. The van der Waals surface area contributed by atoms with Crippen molar-refractivity contribution in [2.24, 2.45) is 4.99 Å². The highest BCUT2D eigenvalue weighted by molar-refractivity contribution is 14.0. The van der Waals surface area contributed by atoms with E-state index in [4.69, 9.17) is 0 Å². The van der Waals surface area contributed by atoms with Crippen LogP contribution in [0.4, 0.5) is 0 Å². The second-order valence-corrected chi connectivity index (χ2v) is 6.32. The molecule has 0 fully saturated rings. The molecule has 136 valence electrons. The van der Waals surface area contributed by atoms with Crippen LogP contribution in [-0.2, 0) is 6.42 Å². The molecule has 1 amide bonds. The standard InChI is InChI=1S/C17H28N4OS.HI/c1-5-18-17(20-11-12-23-4)19-10-9-14-7-6-8-15(13-14)16(22)21(2)3;/h6-8,13H,5,9-12H2,1-4H3,(H2,18,19,20);1H. The molecular formula is C17H29IN4OS. The second-order valence-electron chi connectivity index (χ2n) is 5.33. The van der Waals surface area contributed by atoms with Crippen LogP contribution in [0.25, 0.3) is 0 Å². The molecule has 1 rings (SSSR count). The monoisotopic (exact) mass is 464 g/mol. The summed E-state index contributed by atoms with van der Waals surface area (Å²) >= 11 is 1.79. The molecule has 2 N–H and O–H groups in total. The highest BCUT2D eigenvalue weighted by Crippen LogP contribution is 2.07. The van der Waals surface area contributed by atoms with Gasteiger partial charge in [-0.1, -0.05) is 12.1 Å². The Bertz CT molecular complexity index is 523. The maximum absolute atomic E-state index is 12.0. The molecular weight excluding hydrogens is 435 g/mol. The van der Waals surface area contributed by atoms with Gasteiger partial charge in [0, 0.05) is 38.5 Å². The lowest BCUT2D eigenvalue weighted by Gasteiger charge is -2.13. The quantitative estimate of drug-likeness (QED) is 0.269. The number of amides is 1. The van der Waals surface area contributed by atoms with Gasteiger partial charge in [-0.2, -0.15) is 11.8 Å². The number of halogens is 1. The van der Waals surface area contributed by atoms with Gasteiger partial charge in [-0.05, 0) is 37.3 Å². The summed E-state index contributed by atoms with van der Waals surface area (Å²) in [6, 6.07) is 7.80. The molecule has 0 saturated carbocycles. The van der Waals surface area contributed by atoms with E-state index < -0.39 is 0 Å². The zero-order valence-corrected chi connectivity index (χ0v) is 18.1. The predicted octanol–water partition coefficient (Wildman–Crippen LogP) is 2.47. The van der Waals surface area contributed by atoms with Gasteiger partial charge in [-0.25, -0.2) is 0 Å². The Morgan fingerprint density at radius 2 is 2.04 bits per heavy atom. The lowest BCUT2D eigenvalue weighted by atomic mass is 10.1. The van der Waals surface area contributed by atoms with Crippen molar-refractivity contribution < 1.29 is 4.79 Å². The molecule has 24 heavy (non-hydrogen) atoms. The van der Waals surface area contributed by atoms with Crippen molar-refractivity contribution in [3.8, 4) is 0 Å². The minimum absolute atomic E-state index is 0. The first-order valence-electron chi connectivity index (χ1n) is 7.90. The van der Waals surface area contributed by atoms with Crippen LogP contribution in [0.3, 0.4) is 0 Å². The molecule has 0 saturated heterocycles. The average Bonchev–Trinajstić information content (AvgIpc) is 2.54. The first-order valence-corrected chi connectivity index (χ1v) is 9.29. The number of carbonyl (C=O) groups excluding carboxylic acids is 1. The fraction of sp³-hybridized carbons (Fsp3) is 0.529. The van der Waals surface area contributed by atoms with Gasteiger partial charge < -0.3 is 15.5 Å². The van der Waals surface area contributed by atoms with Crippen LogP contribution in [0.5, 0.6) is 0 Å². The van der Waals surface area contributed by atoms with Gasteiger partial charge in [0.15, 0.2) is 5.96 Å². The van der Waals surface area contributed by atoms with Crippen LogP contribution in [0.15, 0.2) is 29.3 Å². The molecule has 1 aromatic carbocycles. The van der Waals surface area contributed by atoms with E-state index in [-0.39, 0.29) is 29.9 Å². The Balaban J connectivity index is 0.00000529. The summed E-state index contributed by atoms with van der Waals surface area (Å²) in [7, 11) is 3.54. The number of carbonyl (C=O) groups is 1. The second kappa shape index (κ2) is 13.3. The molecule has 0 aromatic heterocycles. The van der Waals surface area contributed by atoms with Crippen LogP contribution in [-0.4, -0.2) is 62.5 Å². The molecule has 7 heteroatoms. The highest BCUT2D eigenvalue weighted by atomic mass is 127. The van der Waals surface area contributed by atoms with Gasteiger partial charge in [0.25, 0.3) is 5.91 Å². The van der Waals surface area contributed by atoms with Crippen LogP contribution >= 0.6 is 35.7 Å². The Morgan fingerprint density at radius 3 is 2.67 bits per heavy atom. The van der Waals surface area contributed by atoms with E-state index in [2.05, 4.69) is 28.8 Å². The van der Waals surface area contributed by atoms with Crippen LogP contribution in [0, 0.1) is 0 Å². The molecule has 1 aromatic rings. The molecule has 0 atom stereocenters. The number of rotatable bonds is 8. The lowest BCUT2D eigenvalue weighted by molar-refractivity contribution is 0.0827. The molecule has 0 aliphatic rings. The first kappa shape index (κ1) is 23.0. The van der Waals surface area contributed by atoms with E-state index in [1.54, 1.807) is 30.8 Å². The van der Waals surface area contributed by atoms with E-state index in [9.17, 15) is 4.79 Å². The number of guanidine groups is 1. The molecule has 0 radical (unpaired) electrons. The van der Waals surface area contributed by atoms with E-state index in [0.29, 0.717) is 0 Å². The smallest absolute Gasteiger partial charge is 0.253 e. The lowest BCUT2D eigenvalue weighted by Crippen LogP contribution is -2.38. The SMILES string of the molecule is CCNC(=NCCSC)NCCc1cccc(C(=O)N(C)C)c1.I. The van der Waals surface area contributed by atoms with Crippen molar-refractivity contribution in [2.75, 3.05) is 45.7 Å². The summed E-state index contributed by atoms with van der Waals surface area (Å²) in [4.78, 5) is 18.1. The van der Waals surface area contributed by atoms with Gasteiger partial charge in [-0.15, -0.1) is 24.0 Å². The third kappa shape index (κ3) is 8.77. The average molecular weight is 464 g/mol. The summed E-state index contributed by atoms with van der Waals surface area (Å²) in [6.45, 7) is 4.49. The molecule has 0 heterocycles. The van der Waals surface area contributed by atoms with Gasteiger partial charge in [-0.3, -0.25) is 9.79 Å². The topological polar surface area (TPSA) is 56.7 Å². The van der Waals surface area contributed by atoms with Gasteiger partial charge in [0.1, 0.15) is 0 Å². The summed E-state index contributed by atoms with van der Waals surface area (Å²) in [5.41, 5.74) is 1.87. The van der Waals surface area contributed by atoms with Crippen LogP contribution in [0.2, 0.25) is 0 Å². The fourth-order valence-electron chi connectivity index (χ4n) is 2.03. The molecule has 0 spiro atoms. The molecule has 0 bridgehead atoms. The Kier molecular flexibility index (Phi) is 12.8. The van der Waals surface area contributed by atoms with Crippen molar-refractivity contribution in [3.05, 3.63) is 35.4 Å². The summed E-state index contributed by atoms with van der Waals surface area (Å²) in [6.07, 6.45) is 2.93. The summed E-state index contributed by atoms with van der Waals surface area (Å²) in [5.74, 6) is 1.90. The van der Waals surface area contributed by atoms with Crippen LogP contribution < -0.4 is 10.6 Å². The number of aliphatic imine (C=N–C) groups is 1. The number of hydrogen-bond donors (Lipinski definition) is 2. The molecule has 0 aliphatic carbocycles. The van der Waals surface area contributed by atoms with Crippen LogP contribution in [0.1, 0.15) is 22.8 Å². The number of thioether (sulfide) groups is 1. The Hall–Kier alpha value is -0.960. The van der Waals surface area contributed by atoms with E-state index >= 15 is 0 Å². The number of nitrogens with one attached hydrogen (secondary N) is 2. The van der Waals surface area contributed by atoms with Crippen molar-refractivity contribution in [1.82, 2.24) is 15.5 Å². The van der Waals surface area contributed by atoms with Gasteiger partial charge in [0.05, 0.1) is 6.54 Å². The normalized spacial score (nSPS) is 10.8. The maximum atomic E-state index is 12.0. The van der Waals surface area contributed by atoms with Gasteiger partial charge >= 0.3 is 0 Å². The van der Waals surface area contributed by atoms with E-state index in [0.717, 1.165) is 48.9 Å². The number of hydrogen-bond acceptors (Lipinski definition) is 3. The third-order valence-electron chi connectivity index (χ3n) is 3.20. The maximum Gasteiger partial charge on any atom is 0.253 e. The van der Waals surface area contributed by atoms with E-state index in [1.165, 1.54) is 0 Å². The zero-order chi connectivity index (χ0) is 17.1. The minimum atomic E-state index is 0. The Labute approximate surface area is 167 Å². The van der Waals surface area contributed by atoms with Crippen molar-refractivity contribution >= 4 is 47.6 Å². The number of nitrogens with zero attached hydrogens (tertiary/aromatic N) is 2. The van der Waals surface area contributed by atoms with Gasteiger partial charge in [0.2, 0.25) is 0 Å². The predicted molar refractivity (Wildman–Crippen MR) is 116 cm³/mol. The summed E-state index contributed by atoms with van der Waals surface area (Å²) < 4.78 is 0. The largest absolute Gasteiger partial charge is 0.357 e. The van der Waals surface area contributed by atoms with E-state index in [1.807, 2.05) is 24.3 Å².